The van der Waals surface area contributed by atoms with Gasteiger partial charge in [-0.25, -0.2) is 4.68 Å². The van der Waals surface area contributed by atoms with Crippen molar-refractivity contribution in [2.45, 2.75) is 27.7 Å². The maximum atomic E-state index is 13.1. The maximum absolute atomic E-state index is 13.1. The predicted octanol–water partition coefficient (Wildman–Crippen LogP) is 5.49. The fourth-order valence-corrected chi connectivity index (χ4v) is 4.27. The van der Waals surface area contributed by atoms with Gasteiger partial charge in [-0.3, -0.25) is 19.8 Å². The van der Waals surface area contributed by atoms with Crippen LogP contribution in [0.4, 0.5) is 11.4 Å². The molecule has 0 aliphatic heterocycles. The molecule has 3 amide bonds. The number of aromatic nitrogens is 1. The van der Waals surface area contributed by atoms with Crippen LogP contribution >= 0.6 is 11.6 Å². The van der Waals surface area contributed by atoms with Crippen molar-refractivity contribution in [3.8, 4) is 0 Å². The van der Waals surface area contributed by atoms with Crippen molar-refractivity contribution in [3.05, 3.63) is 93.6 Å². The maximum Gasteiger partial charge on any atom is 0.328 e. The molecular formula is C27H25ClN4O3. The lowest BCUT2D eigenvalue weighted by atomic mass is 10.1. The molecule has 0 saturated carbocycles. The second kappa shape index (κ2) is 9.64. The molecule has 4 rings (SSSR count). The van der Waals surface area contributed by atoms with Crippen LogP contribution in [0.25, 0.3) is 10.9 Å². The van der Waals surface area contributed by atoms with Crippen molar-refractivity contribution < 1.29 is 14.4 Å². The van der Waals surface area contributed by atoms with E-state index in [1.807, 2.05) is 58.0 Å². The molecule has 178 valence electrons. The van der Waals surface area contributed by atoms with Crippen LogP contribution in [0.3, 0.4) is 0 Å². The quantitative estimate of drug-likeness (QED) is 0.332. The Labute approximate surface area is 208 Å². The Morgan fingerprint density at radius 2 is 1.49 bits per heavy atom. The molecule has 0 aliphatic carbocycles. The van der Waals surface area contributed by atoms with Gasteiger partial charge in [-0.15, -0.1) is 0 Å². The van der Waals surface area contributed by atoms with E-state index < -0.39 is 17.7 Å². The van der Waals surface area contributed by atoms with Crippen LogP contribution < -0.4 is 16.1 Å². The number of fused-ring (bicyclic) bond motifs is 1. The monoisotopic (exact) mass is 488 g/mol. The number of hydrogen-bond acceptors (Lipinski definition) is 3. The van der Waals surface area contributed by atoms with Crippen molar-refractivity contribution in [1.82, 2.24) is 4.68 Å². The lowest BCUT2D eigenvalue weighted by Crippen LogP contribution is -2.36. The zero-order chi connectivity index (χ0) is 25.3. The summed E-state index contributed by atoms with van der Waals surface area (Å²) in [4.78, 5) is 38.8. The Morgan fingerprint density at radius 3 is 2.17 bits per heavy atom. The van der Waals surface area contributed by atoms with Gasteiger partial charge in [0, 0.05) is 21.8 Å². The summed E-state index contributed by atoms with van der Waals surface area (Å²) in [6.07, 6.45) is 0. The van der Waals surface area contributed by atoms with Gasteiger partial charge in [-0.2, -0.15) is 0 Å². The second-order valence-electron chi connectivity index (χ2n) is 8.56. The molecule has 0 aliphatic rings. The number of hydrogen-bond donors (Lipinski definition) is 3. The smallest absolute Gasteiger partial charge is 0.321 e. The first-order chi connectivity index (χ1) is 16.6. The van der Waals surface area contributed by atoms with Crippen LogP contribution in [0.2, 0.25) is 5.02 Å². The van der Waals surface area contributed by atoms with Gasteiger partial charge in [0.1, 0.15) is 5.69 Å². The fourth-order valence-electron chi connectivity index (χ4n) is 4.09. The van der Waals surface area contributed by atoms with E-state index >= 15 is 0 Å². The second-order valence-corrected chi connectivity index (χ2v) is 9.00. The summed E-state index contributed by atoms with van der Waals surface area (Å²) in [5.74, 6) is -2.21. The number of carbonyl (C=O) groups is 3. The zero-order valence-electron chi connectivity index (χ0n) is 19.8. The Morgan fingerprint density at radius 1 is 0.771 bits per heavy atom. The van der Waals surface area contributed by atoms with Crippen molar-refractivity contribution in [2.75, 3.05) is 16.1 Å². The molecule has 3 aromatic carbocycles. The molecule has 0 radical (unpaired) electrons. The summed E-state index contributed by atoms with van der Waals surface area (Å²) < 4.78 is 1.30. The first kappa shape index (κ1) is 24.0. The van der Waals surface area contributed by atoms with Gasteiger partial charge in [0.15, 0.2) is 0 Å². The van der Waals surface area contributed by atoms with Gasteiger partial charge in [0.25, 0.3) is 5.91 Å². The minimum Gasteiger partial charge on any atom is -0.321 e. The molecule has 1 heterocycles. The van der Waals surface area contributed by atoms with E-state index in [0.29, 0.717) is 27.3 Å². The first-order valence-corrected chi connectivity index (χ1v) is 11.4. The molecule has 3 N–H and O–H groups in total. The molecule has 1 aromatic heterocycles. The molecule has 0 fully saturated rings. The van der Waals surface area contributed by atoms with E-state index in [4.69, 9.17) is 11.6 Å². The van der Waals surface area contributed by atoms with Crippen molar-refractivity contribution in [3.63, 3.8) is 0 Å². The molecule has 7 nitrogen and oxygen atoms in total. The Bertz CT molecular complexity index is 1470. The van der Waals surface area contributed by atoms with Crippen molar-refractivity contribution in [1.29, 1.82) is 0 Å². The SMILES string of the molecule is Cc1cccc(NC(=O)c2cc3cc(Cl)ccc3n2NC(=O)C(=O)Nc2c(C)cc(C)cc2C)c1. The van der Waals surface area contributed by atoms with Gasteiger partial charge in [0.2, 0.25) is 0 Å². The highest BCUT2D eigenvalue weighted by molar-refractivity contribution is 6.42. The lowest BCUT2D eigenvalue weighted by molar-refractivity contribution is -0.133. The van der Waals surface area contributed by atoms with Gasteiger partial charge >= 0.3 is 11.8 Å². The third-order valence-electron chi connectivity index (χ3n) is 5.61. The molecule has 4 aromatic rings. The molecular weight excluding hydrogens is 464 g/mol. The van der Waals surface area contributed by atoms with Gasteiger partial charge in [-0.1, -0.05) is 41.4 Å². The predicted molar refractivity (Wildman–Crippen MR) is 140 cm³/mol. The number of carbonyl (C=O) groups excluding carboxylic acids is 3. The van der Waals surface area contributed by atoms with Crippen LogP contribution in [0, 0.1) is 27.7 Å². The molecule has 8 heteroatoms. The Balaban J connectivity index is 1.64. The fraction of sp³-hybridized carbons (Fsp3) is 0.148. The van der Waals surface area contributed by atoms with Crippen LogP contribution in [-0.2, 0) is 9.59 Å². The lowest BCUT2D eigenvalue weighted by Gasteiger charge is -2.15. The Hall–Kier alpha value is -4.10. The highest BCUT2D eigenvalue weighted by atomic mass is 35.5. The van der Waals surface area contributed by atoms with E-state index in [9.17, 15) is 14.4 Å². The largest absolute Gasteiger partial charge is 0.328 e. The minimum absolute atomic E-state index is 0.146. The topological polar surface area (TPSA) is 92.2 Å². The summed E-state index contributed by atoms with van der Waals surface area (Å²) in [7, 11) is 0. The highest BCUT2D eigenvalue weighted by Gasteiger charge is 2.22. The number of aryl methyl sites for hydroxylation is 4. The Kier molecular flexibility index (Phi) is 6.62. The van der Waals surface area contributed by atoms with Gasteiger partial charge in [0.05, 0.1) is 5.52 Å². The van der Waals surface area contributed by atoms with Gasteiger partial charge < -0.3 is 10.6 Å². The third kappa shape index (κ3) is 5.20. The number of anilines is 2. The summed E-state index contributed by atoms with van der Waals surface area (Å²) in [5, 5.41) is 6.63. The molecule has 35 heavy (non-hydrogen) atoms. The molecule has 0 saturated heterocycles. The van der Waals surface area contributed by atoms with Crippen molar-refractivity contribution >= 4 is 51.6 Å². The van der Waals surface area contributed by atoms with Crippen LogP contribution in [0.5, 0.6) is 0 Å². The number of benzene rings is 3. The third-order valence-corrected chi connectivity index (χ3v) is 5.84. The average molecular weight is 489 g/mol. The number of amides is 3. The number of halogens is 1. The zero-order valence-corrected chi connectivity index (χ0v) is 20.6. The van der Waals surface area contributed by atoms with E-state index in [1.54, 1.807) is 30.3 Å². The van der Waals surface area contributed by atoms with E-state index in [2.05, 4.69) is 16.1 Å². The molecule has 0 spiro atoms. The molecule has 0 bridgehead atoms. The summed E-state index contributed by atoms with van der Waals surface area (Å²) in [6.45, 7) is 7.62. The number of nitrogens with one attached hydrogen (secondary N) is 3. The van der Waals surface area contributed by atoms with Crippen LogP contribution in [0.1, 0.15) is 32.7 Å². The summed E-state index contributed by atoms with van der Waals surface area (Å²) in [6, 6.07) is 17.8. The molecule has 0 unspecified atom stereocenters. The van der Waals surface area contributed by atoms with Crippen LogP contribution in [0.15, 0.2) is 60.7 Å². The van der Waals surface area contributed by atoms with E-state index in [1.165, 1.54) is 4.68 Å². The van der Waals surface area contributed by atoms with Gasteiger partial charge in [-0.05, 0) is 80.8 Å². The normalized spacial score (nSPS) is 10.8. The minimum atomic E-state index is -0.915. The van der Waals surface area contributed by atoms with Crippen molar-refractivity contribution in [2.24, 2.45) is 0 Å². The summed E-state index contributed by atoms with van der Waals surface area (Å²) >= 11 is 6.13. The van der Waals surface area contributed by atoms with E-state index in [-0.39, 0.29) is 5.69 Å². The standard InChI is InChI=1S/C27H25ClN4O3/c1-15-6-5-7-21(12-15)29-25(33)23-14-19-13-20(28)8-9-22(19)32(23)31-27(35)26(34)30-24-17(3)10-16(2)11-18(24)4/h5-14H,1-4H3,(H,29,33)(H,30,34)(H,31,35). The highest BCUT2D eigenvalue weighted by Crippen LogP contribution is 2.25. The van der Waals surface area contributed by atoms with Crippen LogP contribution in [-0.4, -0.2) is 22.4 Å². The summed E-state index contributed by atoms with van der Waals surface area (Å²) in [5.41, 5.74) is 8.17. The number of rotatable bonds is 4. The van der Waals surface area contributed by atoms with E-state index in [0.717, 1.165) is 22.3 Å². The number of nitrogens with zero attached hydrogens (tertiary/aromatic N) is 1. The molecule has 0 atom stereocenters. The average Bonchev–Trinajstić information content (AvgIpc) is 3.13. The first-order valence-electron chi connectivity index (χ1n) is 11.0.